The predicted octanol–water partition coefficient (Wildman–Crippen LogP) is 2.38. The third kappa shape index (κ3) is 3.50. The van der Waals surface area contributed by atoms with Crippen LogP contribution >= 0.6 is 11.6 Å². The summed E-state index contributed by atoms with van der Waals surface area (Å²) in [6, 6.07) is 5.19. The summed E-state index contributed by atoms with van der Waals surface area (Å²) in [7, 11) is 4.22. The van der Waals surface area contributed by atoms with Gasteiger partial charge in [0.05, 0.1) is 6.04 Å². The van der Waals surface area contributed by atoms with Gasteiger partial charge < -0.3 is 10.2 Å². The lowest BCUT2D eigenvalue weighted by Crippen LogP contribution is -2.55. The second kappa shape index (κ2) is 6.85. The van der Waals surface area contributed by atoms with Gasteiger partial charge in [0.25, 0.3) is 0 Å². The second-order valence-corrected chi connectivity index (χ2v) is 5.95. The lowest BCUT2D eigenvalue weighted by molar-refractivity contribution is 0.0871. The molecule has 0 bridgehead atoms. The fourth-order valence-corrected chi connectivity index (χ4v) is 2.99. The maximum Gasteiger partial charge on any atom is 0.129 e. The van der Waals surface area contributed by atoms with Crippen molar-refractivity contribution in [3.05, 3.63) is 34.6 Å². The smallest absolute Gasteiger partial charge is 0.129 e. The minimum absolute atomic E-state index is 0.0231. The molecule has 1 N–H and O–H groups in total. The van der Waals surface area contributed by atoms with Crippen molar-refractivity contribution in [2.45, 2.75) is 19.0 Å². The maximum atomic E-state index is 14.2. The summed E-state index contributed by atoms with van der Waals surface area (Å²) in [4.78, 5) is 4.60. The van der Waals surface area contributed by atoms with E-state index in [0.717, 1.165) is 26.2 Å². The summed E-state index contributed by atoms with van der Waals surface area (Å²) >= 11 is 5.86. The molecular weight excluding hydrogens is 277 g/mol. The number of piperazine rings is 1. The van der Waals surface area contributed by atoms with E-state index in [1.165, 1.54) is 6.07 Å². The van der Waals surface area contributed by atoms with Crippen molar-refractivity contribution in [2.75, 3.05) is 40.3 Å². The average Bonchev–Trinajstić information content (AvgIpc) is 2.40. The van der Waals surface area contributed by atoms with E-state index in [-0.39, 0.29) is 17.9 Å². The van der Waals surface area contributed by atoms with Crippen LogP contribution in [0.1, 0.15) is 18.5 Å². The van der Waals surface area contributed by atoms with Crippen molar-refractivity contribution in [1.29, 1.82) is 0 Å². The fourth-order valence-electron chi connectivity index (χ4n) is 2.83. The molecule has 0 aromatic heterocycles. The fraction of sp³-hybridized carbons (Fsp3) is 0.600. The number of rotatable bonds is 4. The summed E-state index contributed by atoms with van der Waals surface area (Å²) in [6.45, 7) is 5.83. The van der Waals surface area contributed by atoms with Crippen molar-refractivity contribution in [1.82, 2.24) is 15.1 Å². The molecule has 1 aliphatic rings. The monoisotopic (exact) mass is 299 g/mol. The Morgan fingerprint density at radius 1 is 1.40 bits per heavy atom. The molecule has 0 spiro atoms. The standard InChI is InChI=1S/C15H23ClFN3/c1-4-18-15(12-6-5-11(16)9-13(12)17)14-10-19(2)7-8-20(14)3/h5-6,9,14-15,18H,4,7-8,10H2,1-3H3. The third-order valence-electron chi connectivity index (χ3n) is 4.01. The first-order chi connectivity index (χ1) is 9.52. The number of hydrogen-bond donors (Lipinski definition) is 1. The first kappa shape index (κ1) is 15.7. The van der Waals surface area contributed by atoms with Gasteiger partial charge in [-0.1, -0.05) is 24.6 Å². The molecule has 2 atom stereocenters. The van der Waals surface area contributed by atoms with Crippen molar-refractivity contribution in [3.8, 4) is 0 Å². The molecule has 1 fully saturated rings. The zero-order chi connectivity index (χ0) is 14.7. The molecule has 0 aliphatic carbocycles. The molecule has 5 heteroatoms. The van der Waals surface area contributed by atoms with Crippen molar-refractivity contribution in [3.63, 3.8) is 0 Å². The lowest BCUT2D eigenvalue weighted by Gasteiger charge is -2.42. The van der Waals surface area contributed by atoms with E-state index in [4.69, 9.17) is 11.6 Å². The van der Waals surface area contributed by atoms with E-state index in [1.807, 2.05) is 6.92 Å². The molecule has 1 aliphatic heterocycles. The normalized spacial score (nSPS) is 22.9. The van der Waals surface area contributed by atoms with Gasteiger partial charge in [-0.25, -0.2) is 4.39 Å². The van der Waals surface area contributed by atoms with Gasteiger partial charge in [0.2, 0.25) is 0 Å². The Kier molecular flexibility index (Phi) is 5.38. The Morgan fingerprint density at radius 2 is 2.15 bits per heavy atom. The Bertz CT molecular complexity index is 455. The van der Waals surface area contributed by atoms with Gasteiger partial charge in [0.15, 0.2) is 0 Å². The van der Waals surface area contributed by atoms with E-state index in [2.05, 4.69) is 29.2 Å². The quantitative estimate of drug-likeness (QED) is 0.921. The van der Waals surface area contributed by atoms with E-state index in [1.54, 1.807) is 12.1 Å². The van der Waals surface area contributed by atoms with Crippen LogP contribution in [-0.2, 0) is 0 Å². The van der Waals surface area contributed by atoms with Crippen LogP contribution in [0.25, 0.3) is 0 Å². The molecular formula is C15H23ClFN3. The Labute approximate surface area is 125 Å². The molecule has 1 saturated heterocycles. The number of nitrogens with zero attached hydrogens (tertiary/aromatic N) is 2. The highest BCUT2D eigenvalue weighted by Gasteiger charge is 2.31. The van der Waals surface area contributed by atoms with Gasteiger partial charge >= 0.3 is 0 Å². The Morgan fingerprint density at radius 3 is 2.80 bits per heavy atom. The van der Waals surface area contributed by atoms with Crippen LogP contribution in [0.5, 0.6) is 0 Å². The molecule has 1 aromatic rings. The van der Waals surface area contributed by atoms with Gasteiger partial charge in [-0.3, -0.25) is 4.90 Å². The van der Waals surface area contributed by atoms with E-state index >= 15 is 0 Å². The zero-order valence-corrected chi connectivity index (χ0v) is 13.1. The molecule has 20 heavy (non-hydrogen) atoms. The molecule has 0 amide bonds. The van der Waals surface area contributed by atoms with E-state index < -0.39 is 0 Å². The summed E-state index contributed by atoms with van der Waals surface area (Å²) in [5.74, 6) is -0.231. The highest BCUT2D eigenvalue weighted by atomic mass is 35.5. The maximum absolute atomic E-state index is 14.2. The minimum atomic E-state index is -0.231. The van der Waals surface area contributed by atoms with Gasteiger partial charge in [-0.05, 0) is 32.8 Å². The summed E-state index contributed by atoms with van der Waals surface area (Å²) in [6.07, 6.45) is 0. The van der Waals surface area contributed by atoms with Crippen LogP contribution in [0, 0.1) is 5.82 Å². The van der Waals surface area contributed by atoms with Gasteiger partial charge in [0.1, 0.15) is 5.82 Å². The molecule has 3 nitrogen and oxygen atoms in total. The molecule has 2 rings (SSSR count). The SMILES string of the molecule is CCNC(c1ccc(Cl)cc1F)C1CN(C)CCN1C. The summed E-state index contributed by atoms with van der Waals surface area (Å²) in [5, 5.41) is 3.87. The molecule has 112 valence electrons. The molecule has 1 aromatic carbocycles. The first-order valence-corrected chi connectivity index (χ1v) is 7.47. The number of hydrogen-bond acceptors (Lipinski definition) is 3. The van der Waals surface area contributed by atoms with Crippen LogP contribution < -0.4 is 5.32 Å². The topological polar surface area (TPSA) is 18.5 Å². The van der Waals surface area contributed by atoms with Crippen LogP contribution in [0.15, 0.2) is 18.2 Å². The van der Waals surface area contributed by atoms with Gasteiger partial charge in [-0.2, -0.15) is 0 Å². The Balaban J connectivity index is 2.29. The highest BCUT2D eigenvalue weighted by molar-refractivity contribution is 6.30. The van der Waals surface area contributed by atoms with Gasteiger partial charge in [-0.15, -0.1) is 0 Å². The van der Waals surface area contributed by atoms with Crippen LogP contribution in [0.3, 0.4) is 0 Å². The molecule has 1 heterocycles. The average molecular weight is 300 g/mol. The van der Waals surface area contributed by atoms with Crippen LogP contribution in [0.2, 0.25) is 5.02 Å². The van der Waals surface area contributed by atoms with Crippen LogP contribution in [0.4, 0.5) is 4.39 Å². The van der Waals surface area contributed by atoms with E-state index in [0.29, 0.717) is 10.6 Å². The van der Waals surface area contributed by atoms with Crippen molar-refractivity contribution in [2.24, 2.45) is 0 Å². The molecule has 0 radical (unpaired) electrons. The van der Waals surface area contributed by atoms with Gasteiger partial charge in [0, 0.05) is 36.3 Å². The number of benzene rings is 1. The third-order valence-corrected chi connectivity index (χ3v) is 4.24. The molecule has 2 unspecified atom stereocenters. The van der Waals surface area contributed by atoms with Crippen LogP contribution in [-0.4, -0.2) is 56.1 Å². The Hall–Kier alpha value is -0.680. The lowest BCUT2D eigenvalue weighted by atomic mass is 9.95. The summed E-state index contributed by atoms with van der Waals surface area (Å²) in [5.41, 5.74) is 0.698. The zero-order valence-electron chi connectivity index (χ0n) is 12.4. The first-order valence-electron chi connectivity index (χ1n) is 7.10. The van der Waals surface area contributed by atoms with E-state index in [9.17, 15) is 4.39 Å². The molecule has 0 saturated carbocycles. The number of halogens is 2. The predicted molar refractivity (Wildman–Crippen MR) is 81.7 cm³/mol. The summed E-state index contributed by atoms with van der Waals surface area (Å²) < 4.78 is 14.2. The number of likely N-dealkylation sites (N-methyl/N-ethyl adjacent to an activating group) is 3. The second-order valence-electron chi connectivity index (χ2n) is 5.51. The van der Waals surface area contributed by atoms with Crippen molar-refractivity contribution >= 4 is 11.6 Å². The van der Waals surface area contributed by atoms with Crippen molar-refractivity contribution < 1.29 is 4.39 Å². The largest absolute Gasteiger partial charge is 0.309 e. The minimum Gasteiger partial charge on any atom is -0.309 e. The highest BCUT2D eigenvalue weighted by Crippen LogP contribution is 2.27. The number of nitrogens with one attached hydrogen (secondary N) is 1.